The molecule has 2 unspecified atom stereocenters. The van der Waals surface area contributed by atoms with Gasteiger partial charge in [-0.25, -0.2) is 0 Å². The van der Waals surface area contributed by atoms with E-state index < -0.39 is 0 Å². The van der Waals surface area contributed by atoms with Crippen molar-refractivity contribution in [2.75, 3.05) is 40.3 Å². The van der Waals surface area contributed by atoms with Crippen LogP contribution in [-0.2, 0) is 0 Å². The van der Waals surface area contributed by atoms with E-state index in [1.54, 1.807) is 0 Å². The molecule has 1 aliphatic heterocycles. The van der Waals surface area contributed by atoms with Gasteiger partial charge >= 0.3 is 0 Å². The van der Waals surface area contributed by atoms with Crippen molar-refractivity contribution in [2.45, 2.75) is 44.7 Å². The van der Waals surface area contributed by atoms with Crippen molar-refractivity contribution in [1.82, 2.24) is 15.1 Å². The molecule has 2 fully saturated rings. The molecule has 17 heavy (non-hydrogen) atoms. The molecule has 0 amide bonds. The third kappa shape index (κ3) is 3.67. The van der Waals surface area contributed by atoms with Crippen molar-refractivity contribution in [3.8, 4) is 0 Å². The number of nitrogens with zero attached hydrogens (tertiary/aromatic N) is 2. The standard InChI is InChI=1S/C14H29N3/c1-12-8-15-9-14(11-16(2)3)17(10-12)13-6-4-5-7-13/h12-15H,4-11H2,1-3H3. The molecule has 1 heterocycles. The predicted octanol–water partition coefficient (Wildman–Crippen LogP) is 1.40. The topological polar surface area (TPSA) is 18.5 Å². The van der Waals surface area contributed by atoms with Gasteiger partial charge in [0.05, 0.1) is 0 Å². The third-order valence-electron chi connectivity index (χ3n) is 4.23. The molecule has 0 aromatic rings. The molecule has 3 heteroatoms. The Morgan fingerprint density at radius 3 is 2.53 bits per heavy atom. The summed E-state index contributed by atoms with van der Waals surface area (Å²) in [5, 5.41) is 3.64. The van der Waals surface area contributed by atoms with Crippen LogP contribution < -0.4 is 5.32 Å². The molecule has 2 rings (SSSR count). The van der Waals surface area contributed by atoms with Gasteiger partial charge < -0.3 is 10.2 Å². The van der Waals surface area contributed by atoms with Crippen molar-refractivity contribution in [2.24, 2.45) is 5.92 Å². The van der Waals surface area contributed by atoms with Crippen LogP contribution >= 0.6 is 0 Å². The normalized spacial score (nSPS) is 33.2. The summed E-state index contributed by atoms with van der Waals surface area (Å²) in [6.07, 6.45) is 5.74. The van der Waals surface area contributed by atoms with Gasteiger partial charge in [0.15, 0.2) is 0 Å². The first kappa shape index (κ1) is 13.3. The second-order valence-electron chi connectivity index (χ2n) is 6.31. The average Bonchev–Trinajstić information content (AvgIpc) is 2.71. The maximum atomic E-state index is 3.64. The van der Waals surface area contributed by atoms with Crippen LogP contribution in [0.25, 0.3) is 0 Å². The van der Waals surface area contributed by atoms with E-state index in [1.165, 1.54) is 51.9 Å². The highest BCUT2D eigenvalue weighted by Crippen LogP contribution is 2.26. The van der Waals surface area contributed by atoms with Crippen molar-refractivity contribution in [3.63, 3.8) is 0 Å². The second kappa shape index (κ2) is 6.17. The molecule has 2 atom stereocenters. The summed E-state index contributed by atoms with van der Waals surface area (Å²) in [5.41, 5.74) is 0. The van der Waals surface area contributed by atoms with E-state index in [-0.39, 0.29) is 0 Å². The van der Waals surface area contributed by atoms with E-state index in [1.807, 2.05) is 0 Å². The fraction of sp³-hybridized carbons (Fsp3) is 1.00. The van der Waals surface area contributed by atoms with Crippen LogP contribution in [0.5, 0.6) is 0 Å². The Hall–Kier alpha value is -0.120. The smallest absolute Gasteiger partial charge is 0.0350 e. The zero-order valence-electron chi connectivity index (χ0n) is 11.8. The lowest BCUT2D eigenvalue weighted by atomic mass is 10.1. The lowest BCUT2D eigenvalue weighted by Crippen LogP contribution is -2.50. The molecule has 0 radical (unpaired) electrons. The number of hydrogen-bond acceptors (Lipinski definition) is 3. The monoisotopic (exact) mass is 239 g/mol. The van der Waals surface area contributed by atoms with Crippen LogP contribution in [0.1, 0.15) is 32.6 Å². The molecule has 3 nitrogen and oxygen atoms in total. The highest BCUT2D eigenvalue weighted by atomic mass is 15.3. The summed E-state index contributed by atoms with van der Waals surface area (Å²) in [6, 6.07) is 1.57. The molecule has 2 aliphatic rings. The van der Waals surface area contributed by atoms with E-state index in [2.05, 4.69) is 36.1 Å². The Bertz CT molecular complexity index is 224. The first-order chi connectivity index (χ1) is 8.16. The van der Waals surface area contributed by atoms with Gasteiger partial charge in [0.1, 0.15) is 0 Å². The molecule has 0 spiro atoms. The van der Waals surface area contributed by atoms with Gasteiger partial charge in [0, 0.05) is 31.7 Å². The summed E-state index contributed by atoms with van der Waals surface area (Å²) in [7, 11) is 4.39. The van der Waals surface area contributed by atoms with Gasteiger partial charge in [-0.1, -0.05) is 19.8 Å². The highest BCUT2D eigenvalue weighted by molar-refractivity contribution is 4.88. The van der Waals surface area contributed by atoms with Gasteiger partial charge in [-0.05, 0) is 39.4 Å². The molecule has 1 N–H and O–H groups in total. The van der Waals surface area contributed by atoms with Gasteiger partial charge in [0.2, 0.25) is 0 Å². The summed E-state index contributed by atoms with van der Waals surface area (Å²) in [5.74, 6) is 0.794. The minimum atomic E-state index is 0.707. The summed E-state index contributed by atoms with van der Waals surface area (Å²) < 4.78 is 0. The lowest BCUT2D eigenvalue weighted by Gasteiger charge is -2.37. The quantitative estimate of drug-likeness (QED) is 0.803. The average molecular weight is 239 g/mol. The third-order valence-corrected chi connectivity index (χ3v) is 4.23. The van der Waals surface area contributed by atoms with Gasteiger partial charge in [0.25, 0.3) is 0 Å². The maximum Gasteiger partial charge on any atom is 0.0350 e. The number of nitrogens with one attached hydrogen (secondary N) is 1. The van der Waals surface area contributed by atoms with E-state index in [0.717, 1.165) is 12.0 Å². The van der Waals surface area contributed by atoms with Crippen molar-refractivity contribution in [3.05, 3.63) is 0 Å². The fourth-order valence-corrected chi connectivity index (χ4v) is 3.46. The lowest BCUT2D eigenvalue weighted by molar-refractivity contribution is 0.111. The Morgan fingerprint density at radius 1 is 1.18 bits per heavy atom. The molecule has 0 aromatic carbocycles. The van der Waals surface area contributed by atoms with Crippen LogP contribution in [0.2, 0.25) is 0 Å². The van der Waals surface area contributed by atoms with Crippen LogP contribution in [0, 0.1) is 5.92 Å². The maximum absolute atomic E-state index is 3.64. The molecular formula is C14H29N3. The molecule has 1 saturated heterocycles. The first-order valence-corrected chi connectivity index (χ1v) is 7.28. The molecule has 0 aromatic heterocycles. The van der Waals surface area contributed by atoms with Gasteiger partial charge in [-0.15, -0.1) is 0 Å². The summed E-state index contributed by atoms with van der Waals surface area (Å²) in [6.45, 7) is 7.21. The van der Waals surface area contributed by atoms with E-state index in [9.17, 15) is 0 Å². The van der Waals surface area contributed by atoms with Gasteiger partial charge in [-0.2, -0.15) is 0 Å². The number of rotatable bonds is 3. The molecule has 100 valence electrons. The molecule has 1 saturated carbocycles. The fourth-order valence-electron chi connectivity index (χ4n) is 3.46. The highest BCUT2D eigenvalue weighted by Gasteiger charge is 2.31. The Labute approximate surface area is 107 Å². The largest absolute Gasteiger partial charge is 0.315 e. The van der Waals surface area contributed by atoms with E-state index in [4.69, 9.17) is 0 Å². The van der Waals surface area contributed by atoms with E-state index in [0.29, 0.717) is 6.04 Å². The Balaban J connectivity index is 2.02. The Morgan fingerprint density at radius 2 is 1.88 bits per heavy atom. The number of hydrogen-bond donors (Lipinski definition) is 1. The molecule has 0 bridgehead atoms. The van der Waals surface area contributed by atoms with Gasteiger partial charge in [-0.3, -0.25) is 4.90 Å². The van der Waals surface area contributed by atoms with Crippen LogP contribution in [0.3, 0.4) is 0 Å². The Kier molecular flexibility index (Phi) is 4.83. The number of likely N-dealkylation sites (N-methyl/N-ethyl adjacent to an activating group) is 1. The van der Waals surface area contributed by atoms with Crippen LogP contribution in [0.4, 0.5) is 0 Å². The first-order valence-electron chi connectivity index (χ1n) is 7.28. The minimum absolute atomic E-state index is 0.707. The van der Waals surface area contributed by atoms with Crippen LogP contribution in [0.15, 0.2) is 0 Å². The SMILES string of the molecule is CC1CNCC(CN(C)C)N(C2CCCC2)C1. The second-order valence-corrected chi connectivity index (χ2v) is 6.31. The zero-order chi connectivity index (χ0) is 12.3. The van der Waals surface area contributed by atoms with Crippen LogP contribution in [-0.4, -0.2) is 62.2 Å². The van der Waals surface area contributed by atoms with Crippen molar-refractivity contribution in [1.29, 1.82) is 0 Å². The molecular weight excluding hydrogens is 210 g/mol. The minimum Gasteiger partial charge on any atom is -0.315 e. The summed E-state index contributed by atoms with van der Waals surface area (Å²) in [4.78, 5) is 5.15. The van der Waals surface area contributed by atoms with E-state index >= 15 is 0 Å². The summed E-state index contributed by atoms with van der Waals surface area (Å²) >= 11 is 0. The van der Waals surface area contributed by atoms with Crippen molar-refractivity contribution >= 4 is 0 Å². The molecule has 1 aliphatic carbocycles. The zero-order valence-corrected chi connectivity index (χ0v) is 11.8. The van der Waals surface area contributed by atoms with Crippen molar-refractivity contribution < 1.29 is 0 Å². The predicted molar refractivity (Wildman–Crippen MR) is 73.3 cm³/mol.